The Morgan fingerprint density at radius 1 is 1.10 bits per heavy atom. The maximum absolute atomic E-state index is 11.8. The molecule has 6 heteroatoms. The zero-order valence-corrected chi connectivity index (χ0v) is 11.7. The standard InChI is InChI=1S/C14H15NO5/c1-8-12(14(16)19-4)13(15-20-8)9-5-10(17-2)7-11(6-9)18-3/h5-7H,1-4H3. The summed E-state index contributed by atoms with van der Waals surface area (Å²) in [6.07, 6.45) is 0. The molecule has 0 aliphatic carbocycles. The summed E-state index contributed by atoms with van der Waals surface area (Å²) in [5, 5.41) is 3.92. The molecule has 2 rings (SSSR count). The average molecular weight is 277 g/mol. The lowest BCUT2D eigenvalue weighted by Crippen LogP contribution is -2.03. The van der Waals surface area contributed by atoms with Crippen LogP contribution in [0.1, 0.15) is 16.1 Å². The van der Waals surface area contributed by atoms with Crippen LogP contribution >= 0.6 is 0 Å². The van der Waals surface area contributed by atoms with Gasteiger partial charge in [0, 0.05) is 11.6 Å². The number of ether oxygens (including phenoxy) is 3. The van der Waals surface area contributed by atoms with E-state index < -0.39 is 5.97 Å². The van der Waals surface area contributed by atoms with Gasteiger partial charge in [0.05, 0.1) is 21.3 Å². The summed E-state index contributed by atoms with van der Waals surface area (Å²) in [6.45, 7) is 1.65. The second-order valence-corrected chi connectivity index (χ2v) is 4.06. The van der Waals surface area contributed by atoms with Gasteiger partial charge in [-0.15, -0.1) is 0 Å². The molecule has 1 aromatic carbocycles. The van der Waals surface area contributed by atoms with Crippen LogP contribution in [0.2, 0.25) is 0 Å². The summed E-state index contributed by atoms with van der Waals surface area (Å²) in [5.41, 5.74) is 1.34. The van der Waals surface area contributed by atoms with Crippen molar-refractivity contribution in [1.29, 1.82) is 0 Å². The SMILES string of the molecule is COC(=O)c1c(-c2cc(OC)cc(OC)c2)noc1C. The zero-order valence-electron chi connectivity index (χ0n) is 11.7. The van der Waals surface area contributed by atoms with Crippen molar-refractivity contribution in [3.8, 4) is 22.8 Å². The Labute approximate surface area is 116 Å². The van der Waals surface area contributed by atoms with Crippen molar-refractivity contribution in [1.82, 2.24) is 5.16 Å². The Balaban J connectivity index is 2.59. The van der Waals surface area contributed by atoms with Crippen LogP contribution < -0.4 is 9.47 Å². The number of methoxy groups -OCH3 is 3. The first-order valence-electron chi connectivity index (χ1n) is 5.88. The number of rotatable bonds is 4. The second-order valence-electron chi connectivity index (χ2n) is 4.06. The van der Waals surface area contributed by atoms with Gasteiger partial charge in [0.25, 0.3) is 0 Å². The Morgan fingerprint density at radius 2 is 1.70 bits per heavy atom. The Kier molecular flexibility index (Phi) is 3.93. The number of aromatic nitrogens is 1. The average Bonchev–Trinajstić information content (AvgIpc) is 2.87. The summed E-state index contributed by atoms with van der Waals surface area (Å²) >= 11 is 0. The molecule has 20 heavy (non-hydrogen) atoms. The molecule has 0 saturated carbocycles. The molecule has 0 amide bonds. The fraction of sp³-hybridized carbons (Fsp3) is 0.286. The molecule has 0 spiro atoms. The molecule has 0 saturated heterocycles. The van der Waals surface area contributed by atoms with Crippen molar-refractivity contribution in [2.45, 2.75) is 6.92 Å². The largest absolute Gasteiger partial charge is 0.497 e. The third-order valence-corrected chi connectivity index (χ3v) is 2.88. The minimum Gasteiger partial charge on any atom is -0.497 e. The van der Waals surface area contributed by atoms with Crippen LogP contribution in [0.25, 0.3) is 11.3 Å². The predicted octanol–water partition coefficient (Wildman–Crippen LogP) is 2.45. The molecule has 0 aliphatic heterocycles. The van der Waals surface area contributed by atoms with E-state index in [-0.39, 0.29) is 0 Å². The van der Waals surface area contributed by atoms with E-state index >= 15 is 0 Å². The smallest absolute Gasteiger partial charge is 0.343 e. The van der Waals surface area contributed by atoms with E-state index in [0.717, 1.165) is 0 Å². The normalized spacial score (nSPS) is 10.2. The highest BCUT2D eigenvalue weighted by atomic mass is 16.5. The van der Waals surface area contributed by atoms with Crippen molar-refractivity contribution in [3.63, 3.8) is 0 Å². The molecule has 2 aromatic rings. The van der Waals surface area contributed by atoms with Gasteiger partial charge in [0.15, 0.2) is 0 Å². The van der Waals surface area contributed by atoms with Crippen LogP contribution in [0.5, 0.6) is 11.5 Å². The molecular weight excluding hydrogens is 262 g/mol. The minimum absolute atomic E-state index is 0.294. The van der Waals surface area contributed by atoms with Crippen molar-refractivity contribution in [3.05, 3.63) is 29.5 Å². The Bertz CT molecular complexity index is 610. The molecule has 0 fully saturated rings. The molecule has 0 N–H and O–H groups in total. The van der Waals surface area contributed by atoms with E-state index in [4.69, 9.17) is 18.7 Å². The van der Waals surface area contributed by atoms with Crippen molar-refractivity contribution < 1.29 is 23.5 Å². The third kappa shape index (κ3) is 2.45. The lowest BCUT2D eigenvalue weighted by Gasteiger charge is -2.07. The quantitative estimate of drug-likeness (QED) is 0.799. The number of carbonyl (C=O) groups is 1. The van der Waals surface area contributed by atoms with Gasteiger partial charge >= 0.3 is 5.97 Å². The van der Waals surface area contributed by atoms with E-state index in [1.54, 1.807) is 39.3 Å². The summed E-state index contributed by atoms with van der Waals surface area (Å²) in [5.74, 6) is 1.08. The molecule has 0 aliphatic rings. The fourth-order valence-electron chi connectivity index (χ4n) is 1.86. The van der Waals surface area contributed by atoms with E-state index in [0.29, 0.717) is 34.1 Å². The van der Waals surface area contributed by atoms with Crippen molar-refractivity contribution >= 4 is 5.97 Å². The molecule has 0 unspecified atom stereocenters. The molecule has 0 atom stereocenters. The highest BCUT2D eigenvalue weighted by molar-refractivity contribution is 5.97. The van der Waals surface area contributed by atoms with E-state index in [1.807, 2.05) is 0 Å². The number of benzene rings is 1. The second kappa shape index (κ2) is 5.64. The molecule has 1 heterocycles. The molecule has 106 valence electrons. The fourth-order valence-corrected chi connectivity index (χ4v) is 1.86. The van der Waals surface area contributed by atoms with Gasteiger partial charge in [0.2, 0.25) is 0 Å². The summed E-state index contributed by atoms with van der Waals surface area (Å²) in [7, 11) is 4.41. The van der Waals surface area contributed by atoms with Gasteiger partial charge in [-0.1, -0.05) is 5.16 Å². The van der Waals surface area contributed by atoms with Crippen LogP contribution in [0.15, 0.2) is 22.7 Å². The van der Waals surface area contributed by atoms with Crippen LogP contribution in [-0.4, -0.2) is 32.5 Å². The Morgan fingerprint density at radius 3 is 2.20 bits per heavy atom. The lowest BCUT2D eigenvalue weighted by atomic mass is 10.1. The van der Waals surface area contributed by atoms with E-state index in [1.165, 1.54) is 7.11 Å². The van der Waals surface area contributed by atoms with Gasteiger partial charge in [-0.05, 0) is 19.1 Å². The molecule has 6 nitrogen and oxygen atoms in total. The highest BCUT2D eigenvalue weighted by Gasteiger charge is 2.23. The summed E-state index contributed by atoms with van der Waals surface area (Å²) < 4.78 is 20.2. The highest BCUT2D eigenvalue weighted by Crippen LogP contribution is 2.32. The van der Waals surface area contributed by atoms with E-state index in [2.05, 4.69) is 5.16 Å². The van der Waals surface area contributed by atoms with Crippen LogP contribution in [0.3, 0.4) is 0 Å². The lowest BCUT2D eigenvalue weighted by molar-refractivity contribution is 0.0599. The van der Waals surface area contributed by atoms with Crippen LogP contribution in [0.4, 0.5) is 0 Å². The van der Waals surface area contributed by atoms with Crippen molar-refractivity contribution in [2.75, 3.05) is 21.3 Å². The number of aryl methyl sites for hydroxylation is 1. The molecule has 1 aromatic heterocycles. The zero-order chi connectivity index (χ0) is 14.7. The topological polar surface area (TPSA) is 70.8 Å². The maximum atomic E-state index is 11.8. The Hall–Kier alpha value is -2.50. The van der Waals surface area contributed by atoms with Crippen LogP contribution in [-0.2, 0) is 4.74 Å². The predicted molar refractivity (Wildman–Crippen MR) is 71.1 cm³/mol. The number of esters is 1. The molecular formula is C14H15NO5. The number of nitrogens with zero attached hydrogens (tertiary/aromatic N) is 1. The van der Waals surface area contributed by atoms with Gasteiger partial charge in [-0.2, -0.15) is 0 Å². The van der Waals surface area contributed by atoms with Gasteiger partial charge in [0.1, 0.15) is 28.5 Å². The summed E-state index contributed by atoms with van der Waals surface area (Å²) in [4.78, 5) is 11.8. The van der Waals surface area contributed by atoms with Crippen molar-refractivity contribution in [2.24, 2.45) is 0 Å². The molecule has 0 bridgehead atoms. The van der Waals surface area contributed by atoms with Gasteiger partial charge < -0.3 is 18.7 Å². The third-order valence-electron chi connectivity index (χ3n) is 2.88. The first-order chi connectivity index (χ1) is 9.60. The van der Waals surface area contributed by atoms with Gasteiger partial charge in [-0.25, -0.2) is 4.79 Å². The minimum atomic E-state index is -0.500. The number of hydrogen-bond acceptors (Lipinski definition) is 6. The molecule has 0 radical (unpaired) electrons. The number of carbonyl (C=O) groups excluding carboxylic acids is 1. The maximum Gasteiger partial charge on any atom is 0.343 e. The first kappa shape index (κ1) is 13.9. The first-order valence-corrected chi connectivity index (χ1v) is 5.88. The summed E-state index contributed by atoms with van der Waals surface area (Å²) in [6, 6.07) is 5.22. The van der Waals surface area contributed by atoms with Gasteiger partial charge in [-0.3, -0.25) is 0 Å². The number of hydrogen-bond donors (Lipinski definition) is 0. The monoisotopic (exact) mass is 277 g/mol. The van der Waals surface area contributed by atoms with Crippen LogP contribution in [0, 0.1) is 6.92 Å². The van der Waals surface area contributed by atoms with E-state index in [9.17, 15) is 4.79 Å².